The van der Waals surface area contributed by atoms with Crippen molar-refractivity contribution in [2.75, 3.05) is 13.1 Å². The molecule has 0 unspecified atom stereocenters. The number of carbonyl (C=O) groups is 2. The summed E-state index contributed by atoms with van der Waals surface area (Å²) in [5.41, 5.74) is -2.33. The van der Waals surface area contributed by atoms with Crippen LogP contribution in [0.5, 0.6) is 0 Å². The molecule has 2 rings (SSSR count). The van der Waals surface area contributed by atoms with Crippen molar-refractivity contribution in [3.05, 3.63) is 35.1 Å². The van der Waals surface area contributed by atoms with Crippen LogP contribution in [0.15, 0.2) is 18.2 Å². The summed E-state index contributed by atoms with van der Waals surface area (Å²) in [6.45, 7) is 12.2. The minimum atomic E-state index is -1.62. The number of nitrogens with zero attached hydrogens (tertiary/aromatic N) is 1. The van der Waals surface area contributed by atoms with Gasteiger partial charge in [0.25, 0.3) is 0 Å². The number of amides is 1. The highest BCUT2D eigenvalue weighted by molar-refractivity contribution is 5.76. The Kier molecular flexibility index (Phi) is 6.33. The van der Waals surface area contributed by atoms with Crippen molar-refractivity contribution in [3.63, 3.8) is 0 Å². The van der Waals surface area contributed by atoms with Gasteiger partial charge in [-0.2, -0.15) is 0 Å². The first kappa shape index (κ1) is 23.1. The van der Waals surface area contributed by atoms with Crippen molar-refractivity contribution in [2.24, 2.45) is 5.41 Å². The van der Waals surface area contributed by atoms with Crippen molar-refractivity contribution in [1.82, 2.24) is 4.90 Å². The molecule has 0 aliphatic carbocycles. The number of benzene rings is 1. The summed E-state index contributed by atoms with van der Waals surface area (Å²) < 4.78 is 25.2. The monoisotopic (exact) mass is 409 g/mol. The smallest absolute Gasteiger partial charge is 0.410 e. The number of aliphatic hydroxyl groups is 1. The van der Waals surface area contributed by atoms with Gasteiger partial charge in [0, 0.05) is 13.0 Å². The molecular formula is C22H32FNO5. The second kappa shape index (κ2) is 7.94. The average molecular weight is 409 g/mol. The Morgan fingerprint density at radius 3 is 2.34 bits per heavy atom. The molecule has 1 aliphatic heterocycles. The molecule has 0 spiro atoms. The first-order chi connectivity index (χ1) is 13.1. The summed E-state index contributed by atoms with van der Waals surface area (Å²) in [5.74, 6) is -0.967. The van der Waals surface area contributed by atoms with Crippen LogP contribution >= 0.6 is 0 Å². The fourth-order valence-electron chi connectivity index (χ4n) is 3.03. The third kappa shape index (κ3) is 5.47. The number of hydrogen-bond donors (Lipinski definition) is 1. The van der Waals surface area contributed by atoms with Crippen molar-refractivity contribution in [3.8, 4) is 0 Å². The maximum Gasteiger partial charge on any atom is 0.410 e. The lowest BCUT2D eigenvalue weighted by atomic mass is 9.81. The first-order valence-corrected chi connectivity index (χ1v) is 9.81. The van der Waals surface area contributed by atoms with E-state index in [0.29, 0.717) is 11.1 Å². The summed E-state index contributed by atoms with van der Waals surface area (Å²) in [4.78, 5) is 26.5. The van der Waals surface area contributed by atoms with Gasteiger partial charge in [0.15, 0.2) is 6.10 Å². The van der Waals surface area contributed by atoms with E-state index in [1.807, 2.05) is 0 Å². The van der Waals surface area contributed by atoms with Gasteiger partial charge in [-0.1, -0.05) is 12.1 Å². The highest BCUT2D eigenvalue weighted by atomic mass is 19.1. The number of likely N-dealkylation sites (tertiary alicyclic amines) is 1. The molecule has 162 valence electrons. The molecule has 1 saturated heterocycles. The number of piperidine rings is 1. The highest BCUT2D eigenvalue weighted by Gasteiger charge is 2.48. The molecule has 1 heterocycles. The van der Waals surface area contributed by atoms with Crippen LogP contribution in [0.2, 0.25) is 0 Å². The van der Waals surface area contributed by atoms with Crippen molar-refractivity contribution < 1.29 is 28.6 Å². The molecule has 6 nitrogen and oxygen atoms in total. The van der Waals surface area contributed by atoms with Crippen LogP contribution in [0.25, 0.3) is 0 Å². The van der Waals surface area contributed by atoms with Gasteiger partial charge in [-0.15, -0.1) is 0 Å². The molecule has 1 amide bonds. The first-order valence-electron chi connectivity index (χ1n) is 9.81. The van der Waals surface area contributed by atoms with E-state index < -0.39 is 40.6 Å². The fourth-order valence-corrected chi connectivity index (χ4v) is 3.03. The Morgan fingerprint density at radius 2 is 1.83 bits per heavy atom. The molecule has 2 atom stereocenters. The quantitative estimate of drug-likeness (QED) is 0.750. The SMILES string of the molecule is Cc1ccc([C@@]2(O)CCN(C(=O)OC(C)(C)C)C[C@@H]2OC(=O)C(C)(C)C)cc1F. The van der Waals surface area contributed by atoms with Crippen molar-refractivity contribution >= 4 is 12.1 Å². The van der Waals surface area contributed by atoms with Gasteiger partial charge < -0.3 is 19.5 Å². The zero-order chi connectivity index (χ0) is 22.2. The zero-order valence-corrected chi connectivity index (χ0v) is 18.3. The maximum absolute atomic E-state index is 14.2. The Labute approximate surface area is 172 Å². The van der Waals surface area contributed by atoms with Crippen LogP contribution < -0.4 is 0 Å². The van der Waals surface area contributed by atoms with E-state index in [1.54, 1.807) is 60.6 Å². The van der Waals surface area contributed by atoms with Crippen LogP contribution in [-0.4, -0.2) is 46.9 Å². The standard InChI is InChI=1S/C22H32FNO5/c1-14-8-9-15(12-16(14)23)22(27)10-11-24(19(26)29-21(5,6)7)13-17(22)28-18(25)20(2,3)4/h8-9,12,17,27H,10-11,13H2,1-7H3/t17-,22-/m0/s1. The summed E-state index contributed by atoms with van der Waals surface area (Å²) >= 11 is 0. The van der Waals surface area contributed by atoms with E-state index in [2.05, 4.69) is 0 Å². The minimum Gasteiger partial charge on any atom is -0.457 e. The number of halogens is 1. The molecule has 0 radical (unpaired) electrons. The van der Waals surface area contributed by atoms with Gasteiger partial charge in [0.05, 0.1) is 12.0 Å². The van der Waals surface area contributed by atoms with Crippen LogP contribution in [0.1, 0.15) is 59.1 Å². The summed E-state index contributed by atoms with van der Waals surface area (Å²) in [7, 11) is 0. The molecular weight excluding hydrogens is 377 g/mol. The van der Waals surface area contributed by atoms with E-state index in [-0.39, 0.29) is 19.5 Å². The van der Waals surface area contributed by atoms with Gasteiger partial charge in [0.2, 0.25) is 0 Å². The third-order valence-corrected chi connectivity index (χ3v) is 4.87. The number of carbonyl (C=O) groups excluding carboxylic acids is 2. The molecule has 1 aliphatic rings. The number of hydrogen-bond acceptors (Lipinski definition) is 5. The highest BCUT2D eigenvalue weighted by Crippen LogP contribution is 2.37. The lowest BCUT2D eigenvalue weighted by Crippen LogP contribution is -2.57. The van der Waals surface area contributed by atoms with Crippen molar-refractivity contribution in [2.45, 2.75) is 72.2 Å². The van der Waals surface area contributed by atoms with E-state index >= 15 is 0 Å². The van der Waals surface area contributed by atoms with Gasteiger partial charge >= 0.3 is 12.1 Å². The Bertz CT molecular complexity index is 780. The molecule has 7 heteroatoms. The molecule has 1 aromatic rings. The molecule has 1 aromatic carbocycles. The Balaban J connectivity index is 2.36. The van der Waals surface area contributed by atoms with Gasteiger partial charge in [-0.25, -0.2) is 9.18 Å². The molecule has 1 N–H and O–H groups in total. The normalized spacial score (nSPS) is 22.9. The molecule has 1 fully saturated rings. The summed E-state index contributed by atoms with van der Waals surface area (Å²) in [6.07, 6.45) is -1.53. The molecule has 29 heavy (non-hydrogen) atoms. The fraction of sp³-hybridized carbons (Fsp3) is 0.636. The van der Waals surface area contributed by atoms with Gasteiger partial charge in [-0.3, -0.25) is 4.79 Å². The third-order valence-electron chi connectivity index (χ3n) is 4.87. The topological polar surface area (TPSA) is 76.1 Å². The number of esters is 1. The van der Waals surface area contributed by atoms with Crippen molar-refractivity contribution in [1.29, 1.82) is 0 Å². The van der Waals surface area contributed by atoms with Gasteiger partial charge in [0.1, 0.15) is 17.0 Å². The second-order valence-electron chi connectivity index (χ2n) is 9.71. The maximum atomic E-state index is 14.2. The van der Waals surface area contributed by atoms with Crippen LogP contribution in [0.4, 0.5) is 9.18 Å². The van der Waals surface area contributed by atoms with Crippen LogP contribution in [-0.2, 0) is 19.9 Å². The van der Waals surface area contributed by atoms with E-state index in [9.17, 15) is 19.1 Å². The van der Waals surface area contributed by atoms with E-state index in [0.717, 1.165) is 0 Å². The number of aryl methyl sites for hydroxylation is 1. The lowest BCUT2D eigenvalue weighted by Gasteiger charge is -2.44. The van der Waals surface area contributed by atoms with Crippen LogP contribution in [0.3, 0.4) is 0 Å². The summed E-state index contributed by atoms with van der Waals surface area (Å²) in [6, 6.07) is 4.46. The molecule has 0 aromatic heterocycles. The van der Waals surface area contributed by atoms with E-state index in [1.165, 1.54) is 11.0 Å². The molecule has 0 bridgehead atoms. The predicted molar refractivity (Wildman–Crippen MR) is 107 cm³/mol. The van der Waals surface area contributed by atoms with E-state index in [4.69, 9.17) is 9.47 Å². The average Bonchev–Trinajstić information content (AvgIpc) is 2.56. The Hall–Kier alpha value is -2.15. The minimum absolute atomic E-state index is 0.0528. The predicted octanol–water partition coefficient (Wildman–Crippen LogP) is 3.92. The van der Waals surface area contributed by atoms with Gasteiger partial charge in [-0.05, 0) is 65.7 Å². The largest absolute Gasteiger partial charge is 0.457 e. The lowest BCUT2D eigenvalue weighted by molar-refractivity contribution is -0.186. The number of rotatable bonds is 2. The molecule has 0 saturated carbocycles. The zero-order valence-electron chi connectivity index (χ0n) is 18.3. The van der Waals surface area contributed by atoms with Crippen LogP contribution in [0, 0.1) is 18.2 Å². The number of ether oxygens (including phenoxy) is 2. The summed E-state index contributed by atoms with van der Waals surface area (Å²) in [5, 5.41) is 11.4. The Morgan fingerprint density at radius 1 is 1.21 bits per heavy atom. The second-order valence-corrected chi connectivity index (χ2v) is 9.71.